The maximum absolute atomic E-state index is 12.6. The number of nitrogens with one attached hydrogen (secondary N) is 2. The van der Waals surface area contributed by atoms with Gasteiger partial charge in [0, 0.05) is 18.8 Å². The van der Waals surface area contributed by atoms with Gasteiger partial charge < -0.3 is 19.9 Å². The largest absolute Gasteiger partial charge is 0.431 e. The topological polar surface area (TPSA) is 155 Å². The first-order valence-electron chi connectivity index (χ1n) is 9.12. The lowest BCUT2D eigenvalue weighted by atomic mass is 9.95. The number of terminal acetylenes is 1. The Kier molecular flexibility index (Phi) is 8.35. The summed E-state index contributed by atoms with van der Waals surface area (Å²) in [6.07, 6.45) is 9.34. The van der Waals surface area contributed by atoms with Crippen LogP contribution in [-0.2, 0) is 16.4 Å². The Morgan fingerprint density at radius 2 is 2.03 bits per heavy atom. The molecule has 162 valence electrons. The van der Waals surface area contributed by atoms with Gasteiger partial charge in [-0.15, -0.1) is 12.3 Å². The number of anilines is 1. The van der Waals surface area contributed by atoms with E-state index < -0.39 is 34.2 Å². The van der Waals surface area contributed by atoms with Crippen molar-refractivity contribution in [3.63, 3.8) is 0 Å². The van der Waals surface area contributed by atoms with Crippen molar-refractivity contribution < 1.29 is 27.8 Å². The minimum Gasteiger partial charge on any atom is -0.431 e. The molecule has 2 aromatic heterocycles. The molecule has 3 atom stereocenters. The summed E-state index contributed by atoms with van der Waals surface area (Å²) in [7, 11) is -3.62. The lowest BCUT2D eigenvalue weighted by Gasteiger charge is -2.27. The molecule has 4 N–H and O–H groups in total. The Morgan fingerprint density at radius 3 is 2.67 bits per heavy atom. The highest BCUT2D eigenvalue weighted by molar-refractivity contribution is 7.91. The number of rotatable bonds is 11. The highest BCUT2D eigenvalue weighted by Crippen LogP contribution is 2.14. The number of nitrogens with zero attached hydrogens (tertiary/aromatic N) is 2. The van der Waals surface area contributed by atoms with E-state index in [1.807, 2.05) is 4.72 Å². The van der Waals surface area contributed by atoms with E-state index in [2.05, 4.69) is 21.2 Å². The molecule has 0 saturated carbocycles. The van der Waals surface area contributed by atoms with Gasteiger partial charge in [0.25, 0.3) is 5.91 Å². The Morgan fingerprint density at radius 1 is 1.33 bits per heavy atom. The first-order chi connectivity index (χ1) is 14.2. The highest BCUT2D eigenvalue weighted by atomic mass is 32.2. The van der Waals surface area contributed by atoms with Crippen molar-refractivity contribution in [2.24, 2.45) is 0 Å². The van der Waals surface area contributed by atoms with Gasteiger partial charge in [0.2, 0.25) is 10.0 Å². The van der Waals surface area contributed by atoms with E-state index in [4.69, 9.17) is 10.8 Å². The first kappa shape index (κ1) is 23.3. The maximum atomic E-state index is 12.6. The van der Waals surface area contributed by atoms with E-state index in [0.29, 0.717) is 12.8 Å². The predicted molar refractivity (Wildman–Crippen MR) is 109 cm³/mol. The van der Waals surface area contributed by atoms with Gasteiger partial charge in [-0.3, -0.25) is 9.78 Å². The number of hydrogen-bond acceptors (Lipinski definition) is 8. The Hall–Kier alpha value is -2.94. The number of unbranched alkanes of at least 4 members (excludes halogenated alkanes) is 1. The summed E-state index contributed by atoms with van der Waals surface area (Å²) in [6, 6.07) is 2.23. The van der Waals surface area contributed by atoms with Crippen LogP contribution in [0.4, 0.5) is 6.01 Å². The van der Waals surface area contributed by atoms with Crippen molar-refractivity contribution in [3.8, 4) is 12.3 Å². The van der Waals surface area contributed by atoms with Crippen molar-refractivity contribution in [3.05, 3.63) is 42.0 Å². The minimum absolute atomic E-state index is 0.185. The summed E-state index contributed by atoms with van der Waals surface area (Å²) < 4.78 is 29.4. The van der Waals surface area contributed by atoms with Gasteiger partial charge in [0.05, 0.1) is 18.4 Å². The molecular formula is C19H24N4O6S. The number of carbonyl (C=O) groups excluding carboxylic acids is 1. The number of sulfonamides is 1. The van der Waals surface area contributed by atoms with Crippen LogP contribution in [0.1, 0.15) is 35.3 Å². The predicted octanol–water partition coefficient (Wildman–Crippen LogP) is 0.308. The molecule has 11 heteroatoms. The molecule has 0 bridgehead atoms. The van der Waals surface area contributed by atoms with E-state index in [0.717, 1.165) is 18.1 Å². The molecule has 1 amide bonds. The minimum atomic E-state index is -3.62. The van der Waals surface area contributed by atoms with Gasteiger partial charge in [-0.25, -0.2) is 13.1 Å². The monoisotopic (exact) mass is 436 g/mol. The number of hydrogen-bond donors (Lipinski definition) is 4. The summed E-state index contributed by atoms with van der Waals surface area (Å²) in [6.45, 7) is 0. The van der Waals surface area contributed by atoms with Crippen molar-refractivity contribution in [2.75, 3.05) is 11.0 Å². The molecule has 0 spiro atoms. The van der Waals surface area contributed by atoms with E-state index >= 15 is 0 Å². The maximum Gasteiger partial charge on any atom is 0.309 e. The third kappa shape index (κ3) is 7.47. The summed E-state index contributed by atoms with van der Waals surface area (Å²) in [5.41, 5.74) is 0.597. The molecule has 0 saturated heterocycles. The van der Waals surface area contributed by atoms with Crippen molar-refractivity contribution in [1.29, 1.82) is 0 Å². The van der Waals surface area contributed by atoms with Gasteiger partial charge in [-0.2, -0.15) is 4.98 Å². The molecule has 2 aromatic rings. The summed E-state index contributed by atoms with van der Waals surface area (Å²) in [4.78, 5) is 20.3. The third-order valence-corrected chi connectivity index (χ3v) is 4.70. The van der Waals surface area contributed by atoms with Crippen LogP contribution in [0.5, 0.6) is 0 Å². The van der Waals surface area contributed by atoms with Crippen molar-refractivity contribution >= 4 is 21.9 Å². The van der Waals surface area contributed by atoms with Gasteiger partial charge in [-0.1, -0.05) is 0 Å². The molecule has 0 aliphatic rings. The fourth-order valence-electron chi connectivity index (χ4n) is 2.71. The highest BCUT2D eigenvalue weighted by Gasteiger charge is 2.29. The second-order valence-electron chi connectivity index (χ2n) is 6.71. The van der Waals surface area contributed by atoms with Crippen LogP contribution < -0.4 is 10.0 Å². The van der Waals surface area contributed by atoms with E-state index in [1.54, 1.807) is 24.5 Å². The number of oxazole rings is 1. The standard InChI is InChI=1S/C19H24N4O6S/c1-3-4-5-6-16(24)17(25)14(11-13-7-9-20-10-8-13)21-18(26)15-12-29-19(22-15)23-30(2,27)28/h1,7-10,12,14,16-17,24-25H,4-6,11H2,2H3,(H,21,26)(H,22,23). The van der Waals surface area contributed by atoms with Crippen LogP contribution in [0.15, 0.2) is 35.2 Å². The molecule has 0 aliphatic carbocycles. The fraction of sp³-hybridized carbons (Fsp3) is 0.421. The van der Waals surface area contributed by atoms with Crippen LogP contribution >= 0.6 is 0 Å². The second kappa shape index (κ2) is 10.7. The summed E-state index contributed by atoms with van der Waals surface area (Å²) in [5, 5.41) is 23.6. The second-order valence-corrected chi connectivity index (χ2v) is 8.45. The SMILES string of the molecule is C#CCCCC(O)C(O)C(Cc1ccncc1)NC(=O)c1coc(NS(C)(=O)=O)n1. The number of pyridine rings is 1. The Bertz CT molecular complexity index is 970. The van der Waals surface area contributed by atoms with Crippen LogP contribution in [0, 0.1) is 12.3 Å². The van der Waals surface area contributed by atoms with Crippen LogP contribution in [-0.4, -0.2) is 59.0 Å². The fourth-order valence-corrected chi connectivity index (χ4v) is 3.12. The third-order valence-electron chi connectivity index (χ3n) is 4.16. The number of amides is 1. The number of aliphatic hydroxyl groups is 2. The quantitative estimate of drug-likeness (QED) is 0.290. The smallest absolute Gasteiger partial charge is 0.309 e. The summed E-state index contributed by atoms with van der Waals surface area (Å²) in [5.74, 6) is 1.77. The van der Waals surface area contributed by atoms with Gasteiger partial charge in [-0.05, 0) is 37.0 Å². The number of aromatic nitrogens is 2. The molecule has 3 unspecified atom stereocenters. The van der Waals surface area contributed by atoms with Crippen LogP contribution in [0.25, 0.3) is 0 Å². The molecular weight excluding hydrogens is 412 g/mol. The molecule has 2 rings (SSSR count). The average Bonchev–Trinajstić information content (AvgIpc) is 3.14. The molecule has 2 heterocycles. The van der Waals surface area contributed by atoms with Crippen molar-refractivity contribution in [1.82, 2.24) is 15.3 Å². The lowest BCUT2D eigenvalue weighted by molar-refractivity contribution is -0.00791. The van der Waals surface area contributed by atoms with Crippen LogP contribution in [0.2, 0.25) is 0 Å². The molecule has 0 aromatic carbocycles. The zero-order chi connectivity index (χ0) is 22.1. The molecule has 0 aliphatic heterocycles. The zero-order valence-corrected chi connectivity index (χ0v) is 17.2. The van der Waals surface area contributed by atoms with E-state index in [9.17, 15) is 23.4 Å². The van der Waals surface area contributed by atoms with Gasteiger partial charge >= 0.3 is 6.01 Å². The van der Waals surface area contributed by atoms with Gasteiger partial charge in [0.15, 0.2) is 5.69 Å². The number of aliphatic hydroxyl groups excluding tert-OH is 2. The number of carbonyl (C=O) groups is 1. The molecule has 10 nitrogen and oxygen atoms in total. The zero-order valence-electron chi connectivity index (χ0n) is 16.4. The summed E-state index contributed by atoms with van der Waals surface area (Å²) >= 11 is 0. The van der Waals surface area contributed by atoms with Gasteiger partial charge in [0.1, 0.15) is 12.4 Å². The van der Waals surface area contributed by atoms with Crippen LogP contribution in [0.3, 0.4) is 0 Å². The molecule has 30 heavy (non-hydrogen) atoms. The van der Waals surface area contributed by atoms with E-state index in [1.165, 1.54) is 0 Å². The Balaban J connectivity index is 2.13. The van der Waals surface area contributed by atoms with E-state index in [-0.39, 0.29) is 24.6 Å². The molecule has 0 radical (unpaired) electrons. The molecule has 0 fully saturated rings. The lowest BCUT2D eigenvalue weighted by Crippen LogP contribution is -2.49. The normalized spacial score (nSPS) is 14.3. The Labute approximate surface area is 174 Å². The average molecular weight is 436 g/mol. The first-order valence-corrected chi connectivity index (χ1v) is 11.0. The van der Waals surface area contributed by atoms with Crippen molar-refractivity contribution in [2.45, 2.75) is 43.9 Å².